The van der Waals surface area contributed by atoms with Crippen LogP contribution in [0.4, 0.5) is 17.1 Å². The molecule has 11 aromatic carbocycles. The summed E-state index contributed by atoms with van der Waals surface area (Å²) in [6.45, 7) is 0. The standard InChI is InChI=1S/C61H39NO/c1-2-17-40(18-3-1)44-23-14-24-45(39-44)62(56-34-15-22-41-19-4-7-25-46(41)56)57-33-13-11-28-49(57)50-30-16-32-53-58(50)51-29-10-12-31-52(51)61(53)54-37-35-42-20-5-8-26-47(42)59(54)63-60-48-27-9-6-21-43(48)36-38-55(60)61/h1-39H. The third kappa shape index (κ3) is 5.19. The first kappa shape index (κ1) is 35.5. The molecule has 0 fully saturated rings. The minimum atomic E-state index is -0.646. The van der Waals surface area contributed by atoms with Gasteiger partial charge in [0, 0.05) is 38.5 Å². The van der Waals surface area contributed by atoms with E-state index >= 15 is 0 Å². The number of hydrogen-bond donors (Lipinski definition) is 0. The van der Waals surface area contributed by atoms with Crippen LogP contribution in [0, 0.1) is 0 Å². The van der Waals surface area contributed by atoms with Crippen LogP contribution in [0.2, 0.25) is 0 Å². The van der Waals surface area contributed by atoms with Crippen molar-refractivity contribution < 1.29 is 4.74 Å². The summed E-state index contributed by atoms with van der Waals surface area (Å²) in [4.78, 5) is 2.47. The lowest BCUT2D eigenvalue weighted by Crippen LogP contribution is -2.32. The molecule has 11 aromatic rings. The molecule has 0 radical (unpaired) electrons. The van der Waals surface area contributed by atoms with Gasteiger partial charge in [-0.2, -0.15) is 0 Å². The highest BCUT2D eigenvalue weighted by molar-refractivity contribution is 6.06. The van der Waals surface area contributed by atoms with E-state index in [9.17, 15) is 0 Å². The number of para-hydroxylation sites is 1. The lowest BCUT2D eigenvalue weighted by atomic mass is 9.65. The average Bonchev–Trinajstić information content (AvgIpc) is 3.65. The number of fused-ring (bicyclic) bond motifs is 14. The minimum absolute atomic E-state index is 0.646. The summed E-state index contributed by atoms with van der Waals surface area (Å²) >= 11 is 0. The Balaban J connectivity index is 1.11. The Bertz CT molecular complexity index is 3530. The van der Waals surface area contributed by atoms with Gasteiger partial charge in [-0.15, -0.1) is 0 Å². The smallest absolute Gasteiger partial charge is 0.140 e. The number of hydrogen-bond acceptors (Lipinski definition) is 2. The Kier molecular flexibility index (Phi) is 7.85. The van der Waals surface area contributed by atoms with Gasteiger partial charge in [0.15, 0.2) is 0 Å². The van der Waals surface area contributed by atoms with Crippen LogP contribution >= 0.6 is 0 Å². The van der Waals surface area contributed by atoms with Crippen molar-refractivity contribution in [3.8, 4) is 44.9 Å². The first-order valence-electron chi connectivity index (χ1n) is 21.8. The van der Waals surface area contributed by atoms with Gasteiger partial charge in [-0.1, -0.05) is 212 Å². The van der Waals surface area contributed by atoms with Crippen molar-refractivity contribution in [2.24, 2.45) is 0 Å². The van der Waals surface area contributed by atoms with Gasteiger partial charge in [-0.05, 0) is 79.4 Å². The fraction of sp³-hybridized carbons (Fsp3) is 0.0164. The summed E-state index contributed by atoms with van der Waals surface area (Å²) in [6, 6.07) is 86.5. The predicted molar refractivity (Wildman–Crippen MR) is 262 cm³/mol. The maximum Gasteiger partial charge on any atom is 0.140 e. The molecule has 1 aliphatic heterocycles. The molecule has 2 nitrogen and oxygen atoms in total. The highest BCUT2D eigenvalue weighted by Gasteiger charge is 2.52. The van der Waals surface area contributed by atoms with Crippen LogP contribution in [-0.2, 0) is 5.41 Å². The van der Waals surface area contributed by atoms with E-state index in [-0.39, 0.29) is 0 Å². The lowest BCUT2D eigenvalue weighted by Gasteiger charge is -2.40. The fourth-order valence-corrected chi connectivity index (χ4v) is 10.8. The first-order chi connectivity index (χ1) is 31.3. The molecule has 2 aliphatic rings. The van der Waals surface area contributed by atoms with Crippen LogP contribution in [-0.4, -0.2) is 0 Å². The van der Waals surface area contributed by atoms with E-state index in [1.807, 2.05) is 0 Å². The van der Waals surface area contributed by atoms with Crippen molar-refractivity contribution in [1.29, 1.82) is 0 Å². The summed E-state index contributed by atoms with van der Waals surface area (Å²) in [7, 11) is 0. The Morgan fingerprint density at radius 1 is 0.317 bits per heavy atom. The van der Waals surface area contributed by atoms with Crippen LogP contribution in [0.1, 0.15) is 22.3 Å². The molecule has 13 rings (SSSR count). The molecular formula is C61H39NO. The van der Waals surface area contributed by atoms with E-state index in [2.05, 4.69) is 241 Å². The second-order valence-corrected chi connectivity index (χ2v) is 16.7. The molecule has 1 aliphatic carbocycles. The third-order valence-electron chi connectivity index (χ3n) is 13.5. The number of anilines is 3. The van der Waals surface area contributed by atoms with Gasteiger partial charge in [0.25, 0.3) is 0 Å². The SMILES string of the molecule is c1ccc(-c2cccc(N(c3ccccc3-c3cccc4c3-c3ccccc3C43c4ccc5ccccc5c4Oc4c3ccc3ccccc43)c3cccc4ccccc34)c2)cc1. The van der Waals surface area contributed by atoms with Crippen molar-refractivity contribution in [3.05, 3.63) is 259 Å². The second-order valence-electron chi connectivity index (χ2n) is 16.7. The molecule has 0 N–H and O–H groups in total. The van der Waals surface area contributed by atoms with E-state index in [1.54, 1.807) is 0 Å². The second kappa shape index (κ2) is 13.9. The molecule has 0 saturated heterocycles. The van der Waals surface area contributed by atoms with E-state index < -0.39 is 5.41 Å². The average molecular weight is 802 g/mol. The molecule has 0 bridgehead atoms. The van der Waals surface area contributed by atoms with Crippen molar-refractivity contribution in [2.75, 3.05) is 4.90 Å². The summed E-state index contributed by atoms with van der Waals surface area (Å²) < 4.78 is 7.25. The summed E-state index contributed by atoms with van der Waals surface area (Å²) in [6.07, 6.45) is 0. The molecule has 0 atom stereocenters. The molecule has 0 aromatic heterocycles. The fourth-order valence-electron chi connectivity index (χ4n) is 10.8. The Hall–Kier alpha value is -8.20. The number of ether oxygens (including phenoxy) is 1. The van der Waals surface area contributed by atoms with Crippen LogP contribution in [0.25, 0.3) is 65.7 Å². The predicted octanol–water partition coefficient (Wildman–Crippen LogP) is 16.4. The number of rotatable bonds is 5. The van der Waals surface area contributed by atoms with Gasteiger partial charge < -0.3 is 9.64 Å². The monoisotopic (exact) mass is 801 g/mol. The molecular weight excluding hydrogens is 763 g/mol. The minimum Gasteiger partial charge on any atom is -0.455 e. The van der Waals surface area contributed by atoms with E-state index in [1.165, 1.54) is 49.7 Å². The molecule has 63 heavy (non-hydrogen) atoms. The lowest BCUT2D eigenvalue weighted by molar-refractivity contribution is 0.447. The van der Waals surface area contributed by atoms with E-state index in [4.69, 9.17) is 4.74 Å². The molecule has 294 valence electrons. The summed E-state index contributed by atoms with van der Waals surface area (Å²) in [5.41, 5.74) is 14.7. The van der Waals surface area contributed by atoms with E-state index in [0.717, 1.165) is 66.8 Å². The van der Waals surface area contributed by atoms with Crippen LogP contribution in [0.3, 0.4) is 0 Å². The maximum absolute atomic E-state index is 7.25. The zero-order chi connectivity index (χ0) is 41.5. The first-order valence-corrected chi connectivity index (χ1v) is 21.8. The van der Waals surface area contributed by atoms with Gasteiger partial charge in [0.1, 0.15) is 11.5 Å². The molecule has 2 heteroatoms. The zero-order valence-electron chi connectivity index (χ0n) is 34.4. The Morgan fingerprint density at radius 2 is 0.825 bits per heavy atom. The molecule has 1 heterocycles. The van der Waals surface area contributed by atoms with Gasteiger partial charge in [-0.25, -0.2) is 0 Å². The van der Waals surface area contributed by atoms with Gasteiger partial charge in [-0.3, -0.25) is 0 Å². The highest BCUT2D eigenvalue weighted by Crippen LogP contribution is 2.65. The molecule has 0 saturated carbocycles. The van der Waals surface area contributed by atoms with Crippen molar-refractivity contribution >= 4 is 49.4 Å². The van der Waals surface area contributed by atoms with Crippen LogP contribution in [0.5, 0.6) is 11.5 Å². The maximum atomic E-state index is 7.25. The van der Waals surface area contributed by atoms with Crippen molar-refractivity contribution in [1.82, 2.24) is 0 Å². The van der Waals surface area contributed by atoms with E-state index in [0.29, 0.717) is 0 Å². The van der Waals surface area contributed by atoms with Gasteiger partial charge >= 0.3 is 0 Å². The Labute approximate surface area is 366 Å². The largest absolute Gasteiger partial charge is 0.455 e. The molecule has 0 unspecified atom stereocenters. The molecule has 0 amide bonds. The topological polar surface area (TPSA) is 12.5 Å². The zero-order valence-corrected chi connectivity index (χ0v) is 34.4. The highest BCUT2D eigenvalue weighted by atomic mass is 16.5. The van der Waals surface area contributed by atoms with Gasteiger partial charge in [0.2, 0.25) is 0 Å². The van der Waals surface area contributed by atoms with Crippen molar-refractivity contribution in [3.63, 3.8) is 0 Å². The normalized spacial score (nSPS) is 13.0. The van der Waals surface area contributed by atoms with Crippen molar-refractivity contribution in [2.45, 2.75) is 5.41 Å². The Morgan fingerprint density at radius 3 is 1.57 bits per heavy atom. The van der Waals surface area contributed by atoms with Crippen LogP contribution in [0.15, 0.2) is 237 Å². The van der Waals surface area contributed by atoms with Crippen LogP contribution < -0.4 is 9.64 Å². The summed E-state index contributed by atoms with van der Waals surface area (Å²) in [5, 5.41) is 6.94. The number of benzene rings is 11. The number of nitrogens with zero attached hydrogens (tertiary/aromatic N) is 1. The third-order valence-corrected chi connectivity index (χ3v) is 13.5. The summed E-state index contributed by atoms with van der Waals surface area (Å²) in [5.74, 6) is 1.84. The van der Waals surface area contributed by atoms with Gasteiger partial charge in [0.05, 0.1) is 16.8 Å². The molecule has 1 spiro atoms. The quantitative estimate of drug-likeness (QED) is 0.172.